The molecule has 1 saturated heterocycles. The first-order valence-electron chi connectivity index (χ1n) is 5.87. The predicted octanol–water partition coefficient (Wildman–Crippen LogP) is 1.63. The molecule has 1 aliphatic heterocycles. The van der Waals surface area contributed by atoms with E-state index in [2.05, 4.69) is 26.2 Å². The maximum atomic E-state index is 11.8. The van der Waals surface area contributed by atoms with E-state index in [1.807, 2.05) is 9.13 Å². The van der Waals surface area contributed by atoms with Gasteiger partial charge in [0.15, 0.2) is 16.5 Å². The van der Waals surface area contributed by atoms with Gasteiger partial charge in [0.25, 0.3) is 0 Å². The zero-order valence-electron chi connectivity index (χ0n) is 11.9. The highest BCUT2D eigenvalue weighted by molar-refractivity contribution is 6.86. The molecule has 104 valence electrons. The third-order valence-corrected chi connectivity index (χ3v) is 9.76. The molecule has 0 aromatic rings. The van der Waals surface area contributed by atoms with E-state index in [9.17, 15) is 9.59 Å². The van der Waals surface area contributed by atoms with Crippen molar-refractivity contribution < 1.29 is 19.1 Å². The SMILES string of the molecule is COC(=O)N1C[Si](C)(C)N(C(=O)OC)C[Si]1(C)C. The van der Waals surface area contributed by atoms with Crippen molar-refractivity contribution in [2.75, 3.05) is 26.6 Å². The molecule has 0 aromatic carbocycles. The summed E-state index contributed by atoms with van der Waals surface area (Å²) in [5.74, 6) is 0. The van der Waals surface area contributed by atoms with Gasteiger partial charge in [-0.3, -0.25) is 0 Å². The number of rotatable bonds is 0. The molecule has 0 radical (unpaired) electrons. The first kappa shape index (κ1) is 15.0. The summed E-state index contributed by atoms with van der Waals surface area (Å²) in [4.78, 5) is 23.7. The first-order valence-corrected chi connectivity index (χ1v) is 12.2. The van der Waals surface area contributed by atoms with Gasteiger partial charge in [0, 0.05) is 12.3 Å². The fraction of sp³-hybridized carbons (Fsp3) is 0.800. The smallest absolute Gasteiger partial charge is 0.401 e. The van der Waals surface area contributed by atoms with Gasteiger partial charge in [-0.2, -0.15) is 0 Å². The van der Waals surface area contributed by atoms with E-state index in [1.165, 1.54) is 14.2 Å². The minimum Gasteiger partial charge on any atom is -0.453 e. The Balaban J connectivity index is 3.02. The molecule has 0 aliphatic carbocycles. The number of amides is 2. The van der Waals surface area contributed by atoms with Crippen LogP contribution in [-0.4, -0.2) is 64.3 Å². The van der Waals surface area contributed by atoms with Crippen molar-refractivity contribution >= 4 is 28.7 Å². The van der Waals surface area contributed by atoms with E-state index in [0.717, 1.165) is 0 Å². The predicted molar refractivity (Wildman–Crippen MR) is 73.2 cm³/mol. The van der Waals surface area contributed by atoms with Crippen molar-refractivity contribution in [3.63, 3.8) is 0 Å². The van der Waals surface area contributed by atoms with E-state index in [0.29, 0.717) is 12.3 Å². The molecule has 2 amide bonds. The molecule has 1 aliphatic rings. The van der Waals surface area contributed by atoms with Crippen LogP contribution in [0, 0.1) is 0 Å². The lowest BCUT2D eigenvalue weighted by molar-refractivity contribution is 0.137. The zero-order valence-corrected chi connectivity index (χ0v) is 13.9. The lowest BCUT2D eigenvalue weighted by Gasteiger charge is -2.51. The highest BCUT2D eigenvalue weighted by Gasteiger charge is 2.50. The molecule has 1 heterocycles. The largest absolute Gasteiger partial charge is 0.453 e. The molecule has 1 fully saturated rings. The van der Waals surface area contributed by atoms with Crippen LogP contribution in [0.15, 0.2) is 0 Å². The summed E-state index contributed by atoms with van der Waals surface area (Å²) in [5.41, 5.74) is 0. The Morgan fingerprint density at radius 1 is 0.833 bits per heavy atom. The topological polar surface area (TPSA) is 59.1 Å². The molecule has 0 atom stereocenters. The quantitative estimate of drug-likeness (QED) is 0.636. The van der Waals surface area contributed by atoms with Crippen LogP contribution in [0.5, 0.6) is 0 Å². The van der Waals surface area contributed by atoms with Gasteiger partial charge in [-0.1, -0.05) is 0 Å². The average Bonchev–Trinajstić information content (AvgIpc) is 2.29. The number of nitrogens with zero attached hydrogens (tertiary/aromatic N) is 2. The molecule has 6 nitrogen and oxygen atoms in total. The Bertz CT molecular complexity index is 326. The van der Waals surface area contributed by atoms with Gasteiger partial charge in [0.2, 0.25) is 0 Å². The van der Waals surface area contributed by atoms with Crippen LogP contribution in [0.1, 0.15) is 0 Å². The molecule has 8 heteroatoms. The van der Waals surface area contributed by atoms with E-state index in [1.54, 1.807) is 0 Å². The van der Waals surface area contributed by atoms with Gasteiger partial charge in [0.05, 0.1) is 14.2 Å². The van der Waals surface area contributed by atoms with E-state index in [-0.39, 0.29) is 12.2 Å². The van der Waals surface area contributed by atoms with Crippen molar-refractivity contribution in [1.82, 2.24) is 9.13 Å². The van der Waals surface area contributed by atoms with Crippen LogP contribution in [0.3, 0.4) is 0 Å². The van der Waals surface area contributed by atoms with E-state index < -0.39 is 16.5 Å². The summed E-state index contributed by atoms with van der Waals surface area (Å²) >= 11 is 0. The van der Waals surface area contributed by atoms with Gasteiger partial charge < -0.3 is 18.6 Å². The molecular weight excluding hydrogens is 268 g/mol. The Labute approximate surface area is 110 Å². The second kappa shape index (κ2) is 4.92. The van der Waals surface area contributed by atoms with Crippen molar-refractivity contribution in [1.29, 1.82) is 0 Å². The minimum absolute atomic E-state index is 0.281. The molecule has 0 saturated carbocycles. The monoisotopic (exact) mass is 290 g/mol. The molecule has 0 N–H and O–H groups in total. The summed E-state index contributed by atoms with van der Waals surface area (Å²) < 4.78 is 13.4. The van der Waals surface area contributed by atoms with Crippen LogP contribution >= 0.6 is 0 Å². The molecular formula is C10H22N2O4Si2. The van der Waals surface area contributed by atoms with Crippen molar-refractivity contribution in [2.24, 2.45) is 0 Å². The maximum absolute atomic E-state index is 11.8. The number of hydrogen-bond acceptors (Lipinski definition) is 4. The van der Waals surface area contributed by atoms with Crippen LogP contribution < -0.4 is 0 Å². The Hall–Kier alpha value is -1.03. The number of carbonyl (C=O) groups excluding carboxylic acids is 2. The summed E-state index contributed by atoms with van der Waals surface area (Å²) in [6.07, 6.45) is 0.649. The van der Waals surface area contributed by atoms with Crippen LogP contribution in [-0.2, 0) is 9.47 Å². The van der Waals surface area contributed by atoms with Gasteiger partial charge >= 0.3 is 12.2 Å². The van der Waals surface area contributed by atoms with Gasteiger partial charge in [-0.05, 0) is 26.2 Å². The summed E-state index contributed by atoms with van der Waals surface area (Å²) in [7, 11) is -1.24. The van der Waals surface area contributed by atoms with E-state index in [4.69, 9.17) is 9.47 Å². The normalized spacial score (nSPS) is 21.4. The highest BCUT2D eigenvalue weighted by atomic mass is 28.4. The number of hydrogen-bond donors (Lipinski definition) is 0. The molecule has 0 unspecified atom stereocenters. The maximum Gasteiger partial charge on any atom is 0.401 e. The first-order chi connectivity index (χ1) is 8.15. The average molecular weight is 290 g/mol. The van der Waals surface area contributed by atoms with Crippen LogP contribution in [0.2, 0.25) is 26.2 Å². The second-order valence-electron chi connectivity index (χ2n) is 5.74. The Morgan fingerprint density at radius 3 is 1.33 bits per heavy atom. The van der Waals surface area contributed by atoms with Gasteiger partial charge in [-0.25, -0.2) is 9.59 Å². The molecule has 0 spiro atoms. The van der Waals surface area contributed by atoms with E-state index >= 15 is 0 Å². The lowest BCUT2D eigenvalue weighted by Crippen LogP contribution is -2.74. The van der Waals surface area contributed by atoms with Crippen LogP contribution in [0.4, 0.5) is 9.59 Å². The molecule has 0 aromatic heterocycles. The summed E-state index contributed by atoms with van der Waals surface area (Å²) in [6.45, 7) is 8.24. The highest BCUT2D eigenvalue weighted by Crippen LogP contribution is 2.26. The fourth-order valence-corrected chi connectivity index (χ4v) is 11.3. The lowest BCUT2D eigenvalue weighted by atomic mass is 11.0. The second-order valence-corrected chi connectivity index (χ2v) is 14.7. The Kier molecular flexibility index (Phi) is 4.11. The molecule has 18 heavy (non-hydrogen) atoms. The van der Waals surface area contributed by atoms with Crippen molar-refractivity contribution in [3.8, 4) is 0 Å². The number of ether oxygens (including phenoxy) is 2. The molecule has 1 rings (SSSR count). The Morgan fingerprint density at radius 2 is 1.11 bits per heavy atom. The summed E-state index contributed by atoms with van der Waals surface area (Å²) in [5, 5.41) is 0. The van der Waals surface area contributed by atoms with Crippen LogP contribution in [0.25, 0.3) is 0 Å². The third-order valence-electron chi connectivity index (χ3n) is 3.34. The molecule has 0 bridgehead atoms. The third kappa shape index (κ3) is 2.69. The summed E-state index contributed by atoms with van der Waals surface area (Å²) in [6, 6.07) is 0. The number of carbonyl (C=O) groups is 2. The fourth-order valence-electron chi connectivity index (χ4n) is 2.22. The van der Waals surface area contributed by atoms with Gasteiger partial charge in [-0.15, -0.1) is 0 Å². The van der Waals surface area contributed by atoms with Crippen molar-refractivity contribution in [3.05, 3.63) is 0 Å². The minimum atomic E-state index is -2.02. The van der Waals surface area contributed by atoms with Crippen molar-refractivity contribution in [2.45, 2.75) is 26.2 Å². The number of methoxy groups -OCH3 is 2. The standard InChI is InChI=1S/C10H22N2O4Si2/c1-15-9(13)11-7-18(5,6)12(10(14)16-2)8-17(11,3)4/h7-8H2,1-6H3. The zero-order chi connectivity index (χ0) is 14.1. The van der Waals surface area contributed by atoms with Gasteiger partial charge in [0.1, 0.15) is 0 Å².